The average Bonchev–Trinajstić information content (AvgIpc) is 3.13. The Morgan fingerprint density at radius 1 is 1.48 bits per heavy atom. The molecule has 0 unspecified atom stereocenters. The van der Waals surface area contributed by atoms with Crippen LogP contribution in [-0.2, 0) is 16.4 Å². The van der Waals surface area contributed by atoms with E-state index >= 15 is 0 Å². The molecule has 0 saturated heterocycles. The third kappa shape index (κ3) is 2.64. The van der Waals surface area contributed by atoms with Crippen molar-refractivity contribution in [1.29, 1.82) is 0 Å². The number of H-pyrrole nitrogens is 1. The first kappa shape index (κ1) is 14.0. The molecule has 3 N–H and O–H groups in total. The van der Waals surface area contributed by atoms with E-state index in [0.717, 1.165) is 5.82 Å². The molecular formula is C11H14N6O2S2. The summed E-state index contributed by atoms with van der Waals surface area (Å²) in [4.78, 5) is 11.9. The molecule has 3 rings (SSSR count). The van der Waals surface area contributed by atoms with Gasteiger partial charge in [0.25, 0.3) is 10.0 Å². The van der Waals surface area contributed by atoms with Crippen molar-refractivity contribution < 1.29 is 8.42 Å². The summed E-state index contributed by atoms with van der Waals surface area (Å²) >= 11 is 1.38. The Labute approximate surface area is 125 Å². The zero-order valence-corrected chi connectivity index (χ0v) is 12.8. The molecule has 0 aliphatic rings. The van der Waals surface area contributed by atoms with E-state index in [-0.39, 0.29) is 11.6 Å². The van der Waals surface area contributed by atoms with Crippen molar-refractivity contribution in [2.24, 2.45) is 0 Å². The molecule has 3 aromatic heterocycles. The van der Waals surface area contributed by atoms with E-state index in [1.165, 1.54) is 11.3 Å². The van der Waals surface area contributed by atoms with Crippen LogP contribution in [0.3, 0.4) is 0 Å². The second kappa shape index (κ2) is 5.47. The molecule has 112 valence electrons. The van der Waals surface area contributed by atoms with Gasteiger partial charge in [-0.15, -0.1) is 11.3 Å². The van der Waals surface area contributed by atoms with E-state index in [1.54, 1.807) is 35.4 Å². The number of hydrogen-bond donors (Lipinski definition) is 3. The van der Waals surface area contributed by atoms with Gasteiger partial charge in [-0.1, -0.05) is 0 Å². The molecule has 3 aromatic rings. The van der Waals surface area contributed by atoms with Gasteiger partial charge in [0.1, 0.15) is 5.82 Å². The van der Waals surface area contributed by atoms with Gasteiger partial charge < -0.3 is 10.3 Å². The SMILES string of the molecule is CNc1nc2sccn2c1S(=O)(=O)NCCc1ncc[nH]1. The number of nitrogens with zero attached hydrogens (tertiary/aromatic N) is 3. The van der Waals surface area contributed by atoms with Gasteiger partial charge in [0, 0.05) is 44.0 Å². The zero-order valence-electron chi connectivity index (χ0n) is 11.2. The molecule has 0 aliphatic carbocycles. The Balaban J connectivity index is 1.84. The normalized spacial score (nSPS) is 12.0. The smallest absolute Gasteiger partial charge is 0.260 e. The maximum Gasteiger partial charge on any atom is 0.260 e. The fourth-order valence-corrected chi connectivity index (χ4v) is 4.08. The molecule has 0 amide bonds. The minimum Gasteiger partial charge on any atom is -0.371 e. The molecule has 3 heterocycles. The Morgan fingerprint density at radius 3 is 3.05 bits per heavy atom. The summed E-state index contributed by atoms with van der Waals surface area (Å²) in [6.07, 6.45) is 5.52. The van der Waals surface area contributed by atoms with Gasteiger partial charge in [-0.2, -0.15) is 0 Å². The maximum absolute atomic E-state index is 12.5. The van der Waals surface area contributed by atoms with Crippen molar-refractivity contribution in [3.05, 3.63) is 29.8 Å². The highest BCUT2D eigenvalue weighted by Crippen LogP contribution is 2.24. The molecular weight excluding hydrogens is 312 g/mol. The fraction of sp³-hybridized carbons (Fsp3) is 0.273. The molecule has 21 heavy (non-hydrogen) atoms. The van der Waals surface area contributed by atoms with E-state index < -0.39 is 10.0 Å². The number of anilines is 1. The van der Waals surface area contributed by atoms with Gasteiger partial charge in [0.15, 0.2) is 15.8 Å². The van der Waals surface area contributed by atoms with Crippen LogP contribution in [0.4, 0.5) is 5.82 Å². The monoisotopic (exact) mass is 326 g/mol. The lowest BCUT2D eigenvalue weighted by molar-refractivity contribution is 0.576. The molecule has 10 heteroatoms. The van der Waals surface area contributed by atoms with Crippen LogP contribution >= 0.6 is 11.3 Å². The first-order valence-corrected chi connectivity index (χ1v) is 8.59. The summed E-state index contributed by atoms with van der Waals surface area (Å²) in [7, 11) is -2.01. The summed E-state index contributed by atoms with van der Waals surface area (Å²) in [5.74, 6) is 1.08. The number of thiazole rings is 1. The predicted molar refractivity (Wildman–Crippen MR) is 80.1 cm³/mol. The molecule has 0 bridgehead atoms. The minimum absolute atomic E-state index is 0.126. The van der Waals surface area contributed by atoms with Crippen LogP contribution in [0.5, 0.6) is 0 Å². The summed E-state index contributed by atoms with van der Waals surface area (Å²) in [6, 6.07) is 0. The highest BCUT2D eigenvalue weighted by atomic mass is 32.2. The van der Waals surface area contributed by atoms with Crippen LogP contribution in [-0.4, -0.2) is 41.4 Å². The van der Waals surface area contributed by atoms with Crippen molar-refractivity contribution >= 4 is 32.1 Å². The van der Waals surface area contributed by atoms with Crippen molar-refractivity contribution in [3.63, 3.8) is 0 Å². The topological polar surface area (TPSA) is 104 Å². The van der Waals surface area contributed by atoms with Gasteiger partial charge in [-0.25, -0.2) is 23.1 Å². The summed E-state index contributed by atoms with van der Waals surface area (Å²) < 4.78 is 29.1. The van der Waals surface area contributed by atoms with Crippen LogP contribution < -0.4 is 10.0 Å². The predicted octanol–water partition coefficient (Wildman–Crippen LogP) is 0.682. The molecule has 0 aliphatic heterocycles. The van der Waals surface area contributed by atoms with Crippen molar-refractivity contribution in [2.45, 2.75) is 11.4 Å². The molecule has 0 aromatic carbocycles. The number of fused-ring (bicyclic) bond motifs is 1. The third-order valence-corrected chi connectivity index (χ3v) is 5.16. The summed E-state index contributed by atoms with van der Waals surface area (Å²) in [5, 5.41) is 4.74. The number of sulfonamides is 1. The van der Waals surface area contributed by atoms with Gasteiger partial charge in [0.05, 0.1) is 0 Å². The van der Waals surface area contributed by atoms with E-state index in [9.17, 15) is 8.42 Å². The highest BCUT2D eigenvalue weighted by molar-refractivity contribution is 7.89. The lowest BCUT2D eigenvalue weighted by atomic mass is 10.4. The molecule has 0 atom stereocenters. The van der Waals surface area contributed by atoms with Crippen LogP contribution in [0.25, 0.3) is 4.96 Å². The van der Waals surface area contributed by atoms with Crippen LogP contribution in [0.15, 0.2) is 29.0 Å². The maximum atomic E-state index is 12.5. The van der Waals surface area contributed by atoms with Gasteiger partial charge in [-0.3, -0.25) is 4.40 Å². The Hall–Kier alpha value is -1.91. The van der Waals surface area contributed by atoms with Gasteiger partial charge in [-0.05, 0) is 0 Å². The first-order chi connectivity index (χ1) is 10.1. The lowest BCUT2D eigenvalue weighted by Crippen LogP contribution is -2.27. The first-order valence-electron chi connectivity index (χ1n) is 6.23. The molecule has 8 nitrogen and oxygen atoms in total. The molecule has 0 radical (unpaired) electrons. The molecule has 0 spiro atoms. The number of aromatic nitrogens is 4. The van der Waals surface area contributed by atoms with Gasteiger partial charge >= 0.3 is 0 Å². The molecule has 0 saturated carbocycles. The average molecular weight is 326 g/mol. The van der Waals surface area contributed by atoms with E-state index in [4.69, 9.17) is 0 Å². The largest absolute Gasteiger partial charge is 0.371 e. The fourth-order valence-electron chi connectivity index (χ4n) is 1.99. The lowest BCUT2D eigenvalue weighted by Gasteiger charge is -2.07. The van der Waals surface area contributed by atoms with Crippen molar-refractivity contribution in [3.8, 4) is 0 Å². The Morgan fingerprint density at radius 2 is 2.33 bits per heavy atom. The Kier molecular flexibility index (Phi) is 3.66. The van der Waals surface area contributed by atoms with E-state index in [2.05, 4.69) is 25.0 Å². The minimum atomic E-state index is -3.66. The quantitative estimate of drug-likeness (QED) is 0.618. The van der Waals surface area contributed by atoms with E-state index in [1.807, 2.05) is 0 Å². The third-order valence-electron chi connectivity index (χ3n) is 2.92. The van der Waals surface area contributed by atoms with Crippen LogP contribution in [0, 0.1) is 0 Å². The van der Waals surface area contributed by atoms with Crippen LogP contribution in [0.2, 0.25) is 0 Å². The number of rotatable bonds is 6. The van der Waals surface area contributed by atoms with E-state index in [0.29, 0.717) is 17.2 Å². The standard InChI is InChI=1S/C11H14N6O2S2/c1-12-9-10(17-6-7-20-11(17)16-9)21(18,19)15-3-2-8-13-4-5-14-8/h4-7,12,15H,2-3H2,1H3,(H,13,14). The molecule has 0 fully saturated rings. The number of hydrogen-bond acceptors (Lipinski definition) is 6. The number of imidazole rings is 2. The second-order valence-corrected chi connectivity index (χ2v) is 6.81. The zero-order chi connectivity index (χ0) is 14.9. The summed E-state index contributed by atoms with van der Waals surface area (Å²) in [6.45, 7) is 0.260. The van der Waals surface area contributed by atoms with Crippen molar-refractivity contribution in [2.75, 3.05) is 18.9 Å². The number of aromatic amines is 1. The van der Waals surface area contributed by atoms with Gasteiger partial charge in [0.2, 0.25) is 0 Å². The number of nitrogens with one attached hydrogen (secondary N) is 3. The highest BCUT2D eigenvalue weighted by Gasteiger charge is 2.25. The van der Waals surface area contributed by atoms with Crippen LogP contribution in [0.1, 0.15) is 5.82 Å². The Bertz CT molecular complexity index is 833. The second-order valence-electron chi connectivity index (χ2n) is 4.25. The summed E-state index contributed by atoms with van der Waals surface area (Å²) in [5.41, 5.74) is 0. The van der Waals surface area contributed by atoms with Crippen molar-refractivity contribution in [1.82, 2.24) is 24.1 Å².